The van der Waals surface area contributed by atoms with E-state index in [0.29, 0.717) is 19.6 Å². The van der Waals surface area contributed by atoms with Crippen molar-refractivity contribution in [3.8, 4) is 0 Å². The average Bonchev–Trinajstić information content (AvgIpc) is 3.11. The number of nitrogens with one attached hydrogen (secondary N) is 1. The van der Waals surface area contributed by atoms with Crippen LogP contribution in [0.3, 0.4) is 0 Å². The van der Waals surface area contributed by atoms with Gasteiger partial charge in [-0.2, -0.15) is 5.10 Å². The minimum absolute atomic E-state index is 0.118. The molecule has 3 rings (SSSR count). The highest BCUT2D eigenvalue weighted by Gasteiger charge is 2.42. The Bertz CT molecular complexity index is 648. The average molecular weight is 369 g/mol. The second-order valence-corrected chi connectivity index (χ2v) is 8.26. The number of piperidine rings is 1. The van der Waals surface area contributed by atoms with Crippen LogP contribution in [0.2, 0.25) is 0 Å². The maximum absolute atomic E-state index is 13.5. The standard InChI is InChI=1S/C18H29F2N5O/c1-13(2)10-25-15(16(19)20)14(9-21-25)22-17(26)24-8-6-18(12-24)5-4-7-23(3)11-18/h9,13,16H,4-8,10-12H2,1-3H3,(H,22,26). The Hall–Kier alpha value is -1.70. The van der Waals surface area contributed by atoms with Gasteiger partial charge >= 0.3 is 6.03 Å². The van der Waals surface area contributed by atoms with E-state index in [0.717, 1.165) is 32.4 Å². The molecule has 2 fully saturated rings. The molecule has 0 bridgehead atoms. The number of nitrogens with zero attached hydrogens (tertiary/aromatic N) is 4. The molecule has 1 atom stereocenters. The molecule has 1 aromatic rings. The third-order valence-electron chi connectivity index (χ3n) is 5.44. The van der Waals surface area contributed by atoms with Crippen LogP contribution in [0.4, 0.5) is 19.3 Å². The molecule has 0 saturated carbocycles. The van der Waals surface area contributed by atoms with Gasteiger partial charge < -0.3 is 15.1 Å². The van der Waals surface area contributed by atoms with Crippen molar-refractivity contribution in [2.75, 3.05) is 38.5 Å². The second kappa shape index (κ2) is 7.50. The van der Waals surface area contributed by atoms with E-state index < -0.39 is 6.43 Å². The van der Waals surface area contributed by atoms with Crippen molar-refractivity contribution in [2.45, 2.75) is 46.1 Å². The summed E-state index contributed by atoms with van der Waals surface area (Å²) in [7, 11) is 2.11. The maximum atomic E-state index is 13.5. The summed E-state index contributed by atoms with van der Waals surface area (Å²) < 4.78 is 28.3. The van der Waals surface area contributed by atoms with Crippen LogP contribution in [0.25, 0.3) is 0 Å². The zero-order valence-electron chi connectivity index (χ0n) is 15.8. The molecular weight excluding hydrogens is 340 g/mol. The normalized spacial score (nSPS) is 24.2. The van der Waals surface area contributed by atoms with E-state index in [1.54, 1.807) is 4.90 Å². The molecule has 6 nitrogen and oxygen atoms in total. The van der Waals surface area contributed by atoms with Gasteiger partial charge in [0.25, 0.3) is 6.43 Å². The molecule has 26 heavy (non-hydrogen) atoms. The number of hydrogen-bond acceptors (Lipinski definition) is 3. The predicted octanol–water partition coefficient (Wildman–Crippen LogP) is 3.43. The third kappa shape index (κ3) is 4.00. The van der Waals surface area contributed by atoms with Gasteiger partial charge in [0.15, 0.2) is 0 Å². The lowest BCUT2D eigenvalue weighted by Gasteiger charge is -2.38. The minimum Gasteiger partial charge on any atom is -0.324 e. The monoisotopic (exact) mass is 369 g/mol. The Labute approximate surface area is 153 Å². The Morgan fingerprint density at radius 2 is 2.08 bits per heavy atom. The fraction of sp³-hybridized carbons (Fsp3) is 0.778. The first-order valence-corrected chi connectivity index (χ1v) is 9.38. The molecule has 1 unspecified atom stereocenters. The summed E-state index contributed by atoms with van der Waals surface area (Å²) in [5, 5.41) is 6.72. The number of rotatable bonds is 4. The first-order valence-electron chi connectivity index (χ1n) is 9.38. The van der Waals surface area contributed by atoms with E-state index in [1.807, 2.05) is 13.8 Å². The molecule has 2 aliphatic heterocycles. The Morgan fingerprint density at radius 1 is 1.31 bits per heavy atom. The second-order valence-electron chi connectivity index (χ2n) is 8.26. The van der Waals surface area contributed by atoms with E-state index >= 15 is 0 Å². The predicted molar refractivity (Wildman–Crippen MR) is 96.4 cm³/mol. The van der Waals surface area contributed by atoms with Gasteiger partial charge in [0.1, 0.15) is 5.69 Å². The van der Waals surface area contributed by atoms with Crippen LogP contribution in [-0.4, -0.2) is 58.8 Å². The van der Waals surface area contributed by atoms with Crippen LogP contribution < -0.4 is 5.32 Å². The largest absolute Gasteiger partial charge is 0.324 e. The van der Waals surface area contributed by atoms with Crippen molar-refractivity contribution in [3.05, 3.63) is 11.9 Å². The number of urea groups is 1. The van der Waals surface area contributed by atoms with Crippen LogP contribution in [-0.2, 0) is 6.54 Å². The first-order chi connectivity index (χ1) is 12.3. The topological polar surface area (TPSA) is 53.4 Å². The van der Waals surface area contributed by atoms with E-state index in [9.17, 15) is 13.6 Å². The van der Waals surface area contributed by atoms with Crippen LogP contribution in [0.5, 0.6) is 0 Å². The maximum Gasteiger partial charge on any atom is 0.321 e. The number of carbonyl (C=O) groups excluding carboxylic acids is 1. The van der Waals surface area contributed by atoms with E-state index in [-0.39, 0.29) is 28.7 Å². The van der Waals surface area contributed by atoms with Crippen LogP contribution in [0.15, 0.2) is 6.20 Å². The molecule has 1 spiro atoms. The zero-order chi connectivity index (χ0) is 18.9. The summed E-state index contributed by atoms with van der Waals surface area (Å²) in [6.45, 7) is 7.73. The Kier molecular flexibility index (Phi) is 5.50. The van der Waals surface area contributed by atoms with Gasteiger partial charge in [-0.05, 0) is 38.8 Å². The first kappa shape index (κ1) is 19.1. The highest BCUT2D eigenvalue weighted by molar-refractivity contribution is 5.90. The van der Waals surface area contributed by atoms with Crippen molar-refractivity contribution >= 4 is 11.7 Å². The number of halogens is 2. The van der Waals surface area contributed by atoms with E-state index in [4.69, 9.17) is 0 Å². The molecule has 1 N–H and O–H groups in total. The zero-order valence-corrected chi connectivity index (χ0v) is 15.8. The quantitative estimate of drug-likeness (QED) is 0.885. The van der Waals surface area contributed by atoms with Gasteiger partial charge in [-0.1, -0.05) is 13.8 Å². The number of carbonyl (C=O) groups is 1. The fourth-order valence-electron chi connectivity index (χ4n) is 4.30. The molecule has 0 aliphatic carbocycles. The molecule has 8 heteroatoms. The van der Waals surface area contributed by atoms with E-state index in [2.05, 4.69) is 22.4 Å². The lowest BCUT2D eigenvalue weighted by Crippen LogP contribution is -2.44. The summed E-state index contributed by atoms with van der Waals surface area (Å²) in [5.41, 5.74) is 0.0586. The number of aromatic nitrogens is 2. The molecule has 2 amide bonds. The highest BCUT2D eigenvalue weighted by Crippen LogP contribution is 2.39. The number of hydrogen-bond donors (Lipinski definition) is 1. The van der Waals surface area contributed by atoms with Crippen LogP contribution in [0.1, 0.15) is 45.2 Å². The summed E-state index contributed by atoms with van der Waals surface area (Å²) in [4.78, 5) is 16.7. The highest BCUT2D eigenvalue weighted by atomic mass is 19.3. The summed E-state index contributed by atoms with van der Waals surface area (Å²) in [6.07, 6.45) is 1.89. The SMILES string of the molecule is CC(C)Cn1ncc(NC(=O)N2CCC3(CCCN(C)C3)C2)c1C(F)F. The molecule has 0 radical (unpaired) electrons. The van der Waals surface area contributed by atoms with Crippen molar-refractivity contribution < 1.29 is 13.6 Å². The molecule has 2 aliphatic rings. The van der Waals surface area contributed by atoms with Crippen molar-refractivity contribution in [2.24, 2.45) is 11.3 Å². The fourth-order valence-corrected chi connectivity index (χ4v) is 4.30. The van der Waals surface area contributed by atoms with Gasteiger partial charge in [0.05, 0.1) is 11.9 Å². The van der Waals surface area contributed by atoms with Crippen LogP contribution >= 0.6 is 0 Å². The number of amides is 2. The molecule has 2 saturated heterocycles. The lowest BCUT2D eigenvalue weighted by atomic mass is 9.79. The molecule has 0 aromatic carbocycles. The molecular formula is C18H29F2N5O. The number of likely N-dealkylation sites (tertiary alicyclic amines) is 2. The van der Waals surface area contributed by atoms with Crippen molar-refractivity contribution in [1.29, 1.82) is 0 Å². The molecule has 146 valence electrons. The number of alkyl halides is 2. The van der Waals surface area contributed by atoms with Gasteiger partial charge in [-0.25, -0.2) is 13.6 Å². The van der Waals surface area contributed by atoms with Crippen molar-refractivity contribution in [1.82, 2.24) is 19.6 Å². The summed E-state index contributed by atoms with van der Waals surface area (Å²) in [6, 6.07) is -0.305. The summed E-state index contributed by atoms with van der Waals surface area (Å²) in [5.74, 6) is 0.192. The Morgan fingerprint density at radius 3 is 2.73 bits per heavy atom. The molecule has 3 heterocycles. The van der Waals surface area contributed by atoms with E-state index in [1.165, 1.54) is 10.9 Å². The van der Waals surface area contributed by atoms with Gasteiger partial charge in [0, 0.05) is 31.6 Å². The van der Waals surface area contributed by atoms with Gasteiger partial charge in [-0.15, -0.1) is 0 Å². The number of anilines is 1. The minimum atomic E-state index is -2.68. The Balaban J connectivity index is 1.68. The van der Waals surface area contributed by atoms with Gasteiger partial charge in [0.2, 0.25) is 0 Å². The molecule has 1 aromatic heterocycles. The van der Waals surface area contributed by atoms with Crippen LogP contribution in [0, 0.1) is 11.3 Å². The van der Waals surface area contributed by atoms with Gasteiger partial charge in [-0.3, -0.25) is 4.68 Å². The smallest absolute Gasteiger partial charge is 0.321 e. The summed E-state index contributed by atoms with van der Waals surface area (Å²) >= 11 is 0. The lowest BCUT2D eigenvalue weighted by molar-refractivity contribution is 0.117. The van der Waals surface area contributed by atoms with Crippen molar-refractivity contribution in [3.63, 3.8) is 0 Å². The third-order valence-corrected chi connectivity index (χ3v) is 5.44.